The van der Waals surface area contributed by atoms with Crippen molar-refractivity contribution in [2.24, 2.45) is 0 Å². The highest BCUT2D eigenvalue weighted by molar-refractivity contribution is 6.61. The number of carbonyl (C=O) groups is 2. The van der Waals surface area contributed by atoms with Crippen molar-refractivity contribution in [2.75, 3.05) is 37.5 Å². The normalized spacial score (nSPS) is 10.1. The molecule has 0 unspecified atom stereocenters. The van der Waals surface area contributed by atoms with Gasteiger partial charge in [-0.25, -0.2) is 9.59 Å². The van der Waals surface area contributed by atoms with Gasteiger partial charge in [-0.15, -0.1) is 0 Å². The number of aromatic nitrogens is 2. The van der Waals surface area contributed by atoms with Crippen LogP contribution in [0.5, 0.6) is 11.5 Å². The number of amides is 1. The molecule has 2 aromatic heterocycles. The molecule has 0 fully saturated rings. The summed E-state index contributed by atoms with van der Waals surface area (Å²) in [5, 5.41) is 24.0. The second kappa shape index (κ2) is 22.2. The van der Waals surface area contributed by atoms with E-state index in [9.17, 15) is 20.1 Å². The number of nitrogens with zero attached hydrogens (tertiary/aromatic N) is 4. The highest BCUT2D eigenvalue weighted by atomic mass is 35.5. The molecule has 0 radical (unpaired) electrons. The third-order valence-corrected chi connectivity index (χ3v) is 8.78. The molecule has 0 saturated carbocycles. The molecule has 12 nitrogen and oxygen atoms in total. The average Bonchev–Trinajstić information content (AvgIpc) is 3.70. The fourth-order valence-corrected chi connectivity index (χ4v) is 6.54. The average molecular weight is 807 g/mol. The number of hydrogen-bond acceptors (Lipinski definition) is 9. The van der Waals surface area contributed by atoms with Gasteiger partial charge in [0.2, 0.25) is 0 Å². The summed E-state index contributed by atoms with van der Waals surface area (Å²) in [6.07, 6.45) is -0.497. The first kappa shape index (κ1) is 45.8. The van der Waals surface area contributed by atoms with Crippen LogP contribution in [0, 0.1) is 22.7 Å². The van der Waals surface area contributed by atoms with Crippen LogP contribution in [0.1, 0.15) is 60.1 Å². The Morgan fingerprint density at radius 2 is 1.10 bits per heavy atom. The van der Waals surface area contributed by atoms with Crippen molar-refractivity contribution in [3.63, 3.8) is 0 Å². The lowest BCUT2D eigenvalue weighted by Gasteiger charge is -2.10. The Hall–Kier alpha value is -6.63. The topological polar surface area (TPSA) is 167 Å². The van der Waals surface area contributed by atoms with Crippen molar-refractivity contribution in [2.45, 2.75) is 62.1 Å². The van der Waals surface area contributed by atoms with E-state index in [0.717, 1.165) is 62.4 Å². The second-order valence-corrected chi connectivity index (χ2v) is 12.4. The molecule has 2 heterocycles. The minimum Gasteiger partial charge on any atom is -0.494 e. The van der Waals surface area contributed by atoms with Gasteiger partial charge in [0.15, 0.2) is 0 Å². The van der Waals surface area contributed by atoms with Gasteiger partial charge in [0.05, 0.1) is 60.0 Å². The number of nitriles is 2. The van der Waals surface area contributed by atoms with Gasteiger partial charge in [0, 0.05) is 46.8 Å². The predicted molar refractivity (Wildman–Crippen MR) is 233 cm³/mol. The molecular weight excluding hydrogens is 756 g/mol. The molecule has 0 saturated heterocycles. The summed E-state index contributed by atoms with van der Waals surface area (Å²) in [6.45, 7) is 14.8. The van der Waals surface area contributed by atoms with E-state index >= 15 is 0 Å². The number of fused-ring (bicyclic) bond motifs is 2. The minimum atomic E-state index is -0.738. The Morgan fingerprint density at radius 3 is 1.48 bits per heavy atom. The van der Waals surface area contributed by atoms with Crippen molar-refractivity contribution >= 4 is 56.3 Å². The molecule has 0 atom stereocenters. The molecule has 13 heteroatoms. The maximum atomic E-state index is 11.7. The van der Waals surface area contributed by atoms with Crippen molar-refractivity contribution < 1.29 is 28.5 Å². The van der Waals surface area contributed by atoms with E-state index in [2.05, 4.69) is 38.3 Å². The first-order chi connectivity index (χ1) is 27.6. The largest absolute Gasteiger partial charge is 0.494 e. The molecule has 1 amide bonds. The highest BCUT2D eigenvalue weighted by Gasteiger charge is 2.20. The number of benzene rings is 4. The van der Waals surface area contributed by atoms with E-state index in [-0.39, 0.29) is 7.43 Å². The zero-order valence-corrected chi connectivity index (χ0v) is 33.8. The number of halogens is 1. The van der Waals surface area contributed by atoms with Gasteiger partial charge < -0.3 is 33.8 Å². The summed E-state index contributed by atoms with van der Waals surface area (Å²) in [5.74, 6) is 1.63. The van der Waals surface area contributed by atoms with Crippen LogP contribution in [-0.4, -0.2) is 47.1 Å². The molecule has 58 heavy (non-hydrogen) atoms. The molecule has 304 valence electrons. The molecule has 0 aliphatic heterocycles. The predicted octanol–water partition coefficient (Wildman–Crippen LogP) is 11.4. The van der Waals surface area contributed by atoms with E-state index in [1.807, 2.05) is 99.6 Å². The lowest BCUT2D eigenvalue weighted by molar-refractivity contribution is 0.168. The van der Waals surface area contributed by atoms with Crippen LogP contribution < -0.4 is 20.5 Å². The standard InChI is InChI=1S/C22H23N3O3.C19H19N3O.C3H5ClO2.CH4/c1-4-25-20-13-16(24-22(26)28-6-3)9-12-18(20)19(14-23)21(25)15-7-10-17(11-8-15)27-5-2;1-3-22-18-11-14(21)7-10-16(18)17(12-20)19(22)13-5-8-15(9-6-13)23-4-2;1-2-6-3(4)5;/h7-13H,4-6H2,1-3H3,(H,24,26);5-11H,3-4,21H2,1-2H3;2H2,1H3;1H4. The lowest BCUT2D eigenvalue weighted by atomic mass is 10.1. The Balaban J connectivity index is 0.000000272. The molecule has 4 aromatic carbocycles. The van der Waals surface area contributed by atoms with Crippen molar-refractivity contribution in [3.8, 4) is 46.2 Å². The molecule has 3 N–H and O–H groups in total. The van der Waals surface area contributed by atoms with Crippen LogP contribution in [0.25, 0.3) is 44.3 Å². The second-order valence-electron chi connectivity index (χ2n) is 12.1. The van der Waals surface area contributed by atoms with E-state index in [1.54, 1.807) is 19.9 Å². The number of nitrogens with two attached hydrogens (primary N) is 1. The summed E-state index contributed by atoms with van der Waals surface area (Å²) >= 11 is 4.72. The van der Waals surface area contributed by atoms with Gasteiger partial charge in [-0.1, -0.05) is 7.43 Å². The number of nitrogens with one attached hydrogen (secondary N) is 1. The molecule has 6 aromatic rings. The van der Waals surface area contributed by atoms with Gasteiger partial charge >= 0.3 is 11.5 Å². The van der Waals surface area contributed by atoms with Crippen molar-refractivity contribution in [3.05, 3.63) is 96.1 Å². The molecule has 6 rings (SSSR count). The van der Waals surface area contributed by atoms with Crippen LogP contribution in [0.4, 0.5) is 21.0 Å². The third-order valence-electron chi connectivity index (χ3n) is 8.67. The van der Waals surface area contributed by atoms with Crippen LogP contribution >= 0.6 is 11.6 Å². The van der Waals surface area contributed by atoms with Crippen molar-refractivity contribution in [1.29, 1.82) is 10.5 Å². The number of aryl methyl sites for hydroxylation is 2. The third kappa shape index (κ3) is 10.8. The number of anilines is 2. The van der Waals surface area contributed by atoms with Crippen molar-refractivity contribution in [1.82, 2.24) is 9.13 Å². The van der Waals surface area contributed by atoms with E-state index in [4.69, 9.17) is 31.5 Å². The van der Waals surface area contributed by atoms with Crippen LogP contribution in [-0.2, 0) is 22.6 Å². The Labute approximate surface area is 345 Å². The Kier molecular flexibility index (Phi) is 17.5. The Morgan fingerprint density at radius 1 is 0.655 bits per heavy atom. The fraction of sp³-hybridized carbons (Fsp3) is 0.289. The zero-order chi connectivity index (χ0) is 41.5. The summed E-state index contributed by atoms with van der Waals surface area (Å²) < 4.78 is 24.3. The van der Waals surface area contributed by atoms with E-state index < -0.39 is 11.5 Å². The van der Waals surface area contributed by atoms with E-state index in [0.29, 0.717) is 55.5 Å². The first-order valence-electron chi connectivity index (χ1n) is 18.7. The van der Waals surface area contributed by atoms with Gasteiger partial charge in [-0.2, -0.15) is 10.5 Å². The molecule has 0 bridgehead atoms. The van der Waals surface area contributed by atoms with Crippen LogP contribution in [0.2, 0.25) is 0 Å². The van der Waals surface area contributed by atoms with E-state index in [1.165, 1.54) is 0 Å². The number of hydrogen-bond donors (Lipinski definition) is 2. The summed E-state index contributed by atoms with van der Waals surface area (Å²) in [7, 11) is 0. The molecular formula is C45H51ClN6O6. The number of carbonyl (C=O) groups excluding carboxylic acids is 2. The summed E-state index contributed by atoms with van der Waals surface area (Å²) in [5.41, 5.74) is 13.4. The lowest BCUT2D eigenvalue weighted by Crippen LogP contribution is -2.13. The number of ether oxygens (including phenoxy) is 4. The number of rotatable bonds is 11. The quantitative estimate of drug-likeness (QED) is 0.0956. The maximum Gasteiger partial charge on any atom is 0.411 e. The van der Waals surface area contributed by atoms with Gasteiger partial charge in [0.25, 0.3) is 0 Å². The van der Waals surface area contributed by atoms with Gasteiger partial charge in [0.1, 0.15) is 23.6 Å². The smallest absolute Gasteiger partial charge is 0.411 e. The summed E-state index contributed by atoms with van der Waals surface area (Å²) in [4.78, 5) is 21.3. The van der Waals surface area contributed by atoms with Gasteiger partial charge in [-0.3, -0.25) is 5.32 Å². The highest BCUT2D eigenvalue weighted by Crippen LogP contribution is 2.37. The van der Waals surface area contributed by atoms with Crippen LogP contribution in [0.15, 0.2) is 84.9 Å². The monoisotopic (exact) mass is 806 g/mol. The minimum absolute atomic E-state index is 0. The first-order valence-corrected chi connectivity index (χ1v) is 19.1. The molecule has 0 aliphatic carbocycles. The fourth-order valence-electron chi connectivity index (χ4n) is 6.43. The zero-order valence-electron chi connectivity index (χ0n) is 33.0. The number of nitrogen functional groups attached to an aromatic ring is 1. The molecule has 0 spiro atoms. The van der Waals surface area contributed by atoms with Crippen LogP contribution in [0.3, 0.4) is 0 Å². The maximum absolute atomic E-state index is 11.7. The summed E-state index contributed by atoms with van der Waals surface area (Å²) in [6, 6.07) is 31.5. The van der Waals surface area contributed by atoms with Gasteiger partial charge in [-0.05, 0) is 138 Å². The SMILES string of the molecule is C.CCOC(=O)Cl.CCOC(=O)Nc1ccc2c(C#N)c(-c3ccc(OCC)cc3)n(CC)c2c1.CCOc1ccc(-c2c(C#N)c3ccc(N)cc3n2CC)cc1. The molecule has 0 aliphatic rings. The Bertz CT molecular complexity index is 2390.